The van der Waals surface area contributed by atoms with E-state index in [2.05, 4.69) is 0 Å². The van der Waals surface area contributed by atoms with Crippen LogP contribution in [0.5, 0.6) is 11.5 Å². The first kappa shape index (κ1) is 15.2. The summed E-state index contributed by atoms with van der Waals surface area (Å²) in [5.74, 6) is -2.79. The molecule has 0 radical (unpaired) electrons. The Hall–Kier alpha value is -3.35. The molecule has 25 heavy (non-hydrogen) atoms. The van der Waals surface area contributed by atoms with E-state index in [1.165, 1.54) is 12.1 Å². The number of hydrogen-bond acceptors (Lipinski definition) is 5. The third-order valence-electron chi connectivity index (χ3n) is 4.28. The van der Waals surface area contributed by atoms with Gasteiger partial charge in [-0.2, -0.15) is 0 Å². The topological polar surface area (TPSA) is 93.1 Å². The highest BCUT2D eigenvalue weighted by molar-refractivity contribution is 6.17. The van der Waals surface area contributed by atoms with Gasteiger partial charge in [-0.15, -0.1) is 0 Å². The molecule has 2 amide bonds. The molecule has 2 aliphatic rings. The maximum atomic E-state index is 12.7. The van der Waals surface area contributed by atoms with Crippen LogP contribution in [-0.4, -0.2) is 34.6 Å². The molecule has 0 fully saturated rings. The second-order valence-corrected chi connectivity index (χ2v) is 5.78. The van der Waals surface area contributed by atoms with Crippen molar-refractivity contribution in [2.45, 2.75) is 12.5 Å². The second-order valence-electron chi connectivity index (χ2n) is 5.78. The molecule has 0 saturated heterocycles. The molecule has 1 atom stereocenters. The Balaban J connectivity index is 1.71. The van der Waals surface area contributed by atoms with Gasteiger partial charge in [0.1, 0.15) is 0 Å². The molecule has 126 valence electrons. The maximum Gasteiger partial charge on any atom is 0.320 e. The number of aliphatic carboxylic acids is 1. The van der Waals surface area contributed by atoms with Crippen LogP contribution >= 0.6 is 0 Å². The molecule has 0 bridgehead atoms. The lowest BCUT2D eigenvalue weighted by molar-refractivity contribution is -0.146. The molecule has 0 saturated carbocycles. The Labute approximate surface area is 142 Å². The normalized spacial score (nSPS) is 18.2. The van der Waals surface area contributed by atoms with Crippen molar-refractivity contribution in [2.24, 2.45) is 0 Å². The van der Waals surface area contributed by atoms with Gasteiger partial charge in [-0.05, 0) is 29.3 Å². The average molecular weight is 339 g/mol. The Morgan fingerprint density at radius 1 is 1.12 bits per heavy atom. The Bertz CT molecular complexity index is 906. The SMILES string of the molecule is O=C(O)C1C(=O)N(Cc2ccc3c(c2)OCO3)C(=O)c2ccccc21. The van der Waals surface area contributed by atoms with Gasteiger partial charge in [0, 0.05) is 5.56 Å². The number of benzene rings is 2. The van der Waals surface area contributed by atoms with Crippen molar-refractivity contribution in [3.63, 3.8) is 0 Å². The van der Waals surface area contributed by atoms with Crippen molar-refractivity contribution in [2.75, 3.05) is 6.79 Å². The number of nitrogens with zero attached hydrogens (tertiary/aromatic N) is 1. The number of ether oxygens (including phenoxy) is 2. The van der Waals surface area contributed by atoms with Gasteiger partial charge in [-0.3, -0.25) is 19.3 Å². The smallest absolute Gasteiger partial charge is 0.320 e. The van der Waals surface area contributed by atoms with Crippen LogP contribution in [-0.2, 0) is 16.1 Å². The molecule has 0 spiro atoms. The first-order valence-corrected chi connectivity index (χ1v) is 7.62. The summed E-state index contributed by atoms with van der Waals surface area (Å²) in [6, 6.07) is 11.4. The largest absolute Gasteiger partial charge is 0.480 e. The Morgan fingerprint density at radius 2 is 1.88 bits per heavy atom. The van der Waals surface area contributed by atoms with E-state index >= 15 is 0 Å². The fourth-order valence-electron chi connectivity index (χ4n) is 3.09. The number of carbonyl (C=O) groups is 3. The minimum Gasteiger partial charge on any atom is -0.480 e. The van der Waals surface area contributed by atoms with E-state index in [1.54, 1.807) is 30.3 Å². The Morgan fingerprint density at radius 3 is 2.68 bits per heavy atom. The van der Waals surface area contributed by atoms with Crippen LogP contribution in [0.15, 0.2) is 42.5 Å². The minimum atomic E-state index is -1.39. The molecule has 1 N–H and O–H groups in total. The predicted molar refractivity (Wildman–Crippen MR) is 84.3 cm³/mol. The highest BCUT2D eigenvalue weighted by atomic mass is 16.7. The average Bonchev–Trinajstić information content (AvgIpc) is 3.06. The third-order valence-corrected chi connectivity index (χ3v) is 4.28. The van der Waals surface area contributed by atoms with Crippen LogP contribution in [0.25, 0.3) is 0 Å². The van der Waals surface area contributed by atoms with Crippen molar-refractivity contribution < 1.29 is 29.0 Å². The molecule has 1 unspecified atom stereocenters. The van der Waals surface area contributed by atoms with E-state index in [0.717, 1.165) is 4.90 Å². The van der Waals surface area contributed by atoms with Crippen molar-refractivity contribution >= 4 is 17.8 Å². The fourth-order valence-corrected chi connectivity index (χ4v) is 3.09. The van der Waals surface area contributed by atoms with Gasteiger partial charge in [-0.25, -0.2) is 0 Å². The summed E-state index contributed by atoms with van der Waals surface area (Å²) in [7, 11) is 0. The number of carboxylic acids is 1. The zero-order chi connectivity index (χ0) is 17.6. The molecule has 2 aromatic carbocycles. The van der Waals surface area contributed by atoms with Crippen LogP contribution in [0.4, 0.5) is 0 Å². The lowest BCUT2D eigenvalue weighted by Gasteiger charge is -2.30. The summed E-state index contributed by atoms with van der Waals surface area (Å²) in [4.78, 5) is 37.9. The third kappa shape index (κ3) is 2.40. The van der Waals surface area contributed by atoms with Crippen LogP contribution in [0.3, 0.4) is 0 Å². The summed E-state index contributed by atoms with van der Waals surface area (Å²) in [5, 5.41) is 9.46. The Kier molecular flexibility index (Phi) is 3.42. The number of amides is 2. The van der Waals surface area contributed by atoms with E-state index in [-0.39, 0.29) is 24.5 Å². The molecular weight excluding hydrogens is 326 g/mol. The van der Waals surface area contributed by atoms with E-state index < -0.39 is 23.7 Å². The van der Waals surface area contributed by atoms with Crippen molar-refractivity contribution in [3.8, 4) is 11.5 Å². The van der Waals surface area contributed by atoms with E-state index in [9.17, 15) is 19.5 Å². The molecular formula is C18H13NO6. The molecule has 0 aliphatic carbocycles. The van der Waals surface area contributed by atoms with Gasteiger partial charge in [0.05, 0.1) is 6.54 Å². The van der Waals surface area contributed by atoms with Gasteiger partial charge < -0.3 is 14.6 Å². The lowest BCUT2D eigenvalue weighted by atomic mass is 9.88. The van der Waals surface area contributed by atoms with Crippen molar-refractivity contribution in [1.29, 1.82) is 0 Å². The summed E-state index contributed by atoms with van der Waals surface area (Å²) in [6.07, 6.45) is 0. The van der Waals surface area contributed by atoms with Gasteiger partial charge in [0.15, 0.2) is 17.4 Å². The number of carbonyl (C=O) groups excluding carboxylic acids is 2. The standard InChI is InChI=1S/C18H13NO6/c20-16-12-4-2-1-3-11(12)15(18(22)23)17(21)19(16)8-10-5-6-13-14(7-10)25-9-24-13/h1-7,15H,8-9H2,(H,22,23). The summed E-state index contributed by atoms with van der Waals surface area (Å²) in [5.41, 5.74) is 1.11. The van der Waals surface area contributed by atoms with Crippen LogP contribution < -0.4 is 9.47 Å². The fraction of sp³-hybridized carbons (Fsp3) is 0.167. The molecule has 2 aromatic rings. The monoisotopic (exact) mass is 339 g/mol. The van der Waals surface area contributed by atoms with Crippen molar-refractivity contribution in [1.82, 2.24) is 4.90 Å². The first-order valence-electron chi connectivity index (χ1n) is 7.62. The van der Waals surface area contributed by atoms with Gasteiger partial charge in [-0.1, -0.05) is 24.3 Å². The summed E-state index contributed by atoms with van der Waals surface area (Å²) in [6.45, 7) is 0.0846. The molecule has 4 rings (SSSR count). The van der Waals surface area contributed by atoms with Gasteiger partial charge in [0.2, 0.25) is 12.7 Å². The van der Waals surface area contributed by atoms with Crippen LogP contribution in [0.2, 0.25) is 0 Å². The van der Waals surface area contributed by atoms with Crippen molar-refractivity contribution in [3.05, 3.63) is 59.2 Å². The molecule has 2 heterocycles. The van der Waals surface area contributed by atoms with E-state index in [0.29, 0.717) is 17.1 Å². The number of fused-ring (bicyclic) bond motifs is 2. The number of imide groups is 1. The van der Waals surface area contributed by atoms with E-state index in [1.807, 2.05) is 0 Å². The van der Waals surface area contributed by atoms with Gasteiger partial charge in [0.25, 0.3) is 5.91 Å². The van der Waals surface area contributed by atoms with Crippen LogP contribution in [0, 0.1) is 0 Å². The number of hydrogen-bond donors (Lipinski definition) is 1. The highest BCUT2D eigenvalue weighted by Crippen LogP contribution is 2.34. The summed E-state index contributed by atoms with van der Waals surface area (Å²) >= 11 is 0. The highest BCUT2D eigenvalue weighted by Gasteiger charge is 2.42. The van der Waals surface area contributed by atoms with Gasteiger partial charge >= 0.3 is 5.97 Å². The quantitative estimate of drug-likeness (QED) is 0.677. The number of carboxylic acid groups (broad SMARTS) is 1. The molecule has 7 nitrogen and oxygen atoms in total. The predicted octanol–water partition coefficient (Wildman–Crippen LogP) is 1.77. The minimum absolute atomic E-state index is 0.0353. The maximum absolute atomic E-state index is 12.7. The number of rotatable bonds is 3. The zero-order valence-electron chi connectivity index (χ0n) is 13.0. The second kappa shape index (κ2) is 5.62. The lowest BCUT2D eigenvalue weighted by Crippen LogP contribution is -2.46. The van der Waals surface area contributed by atoms with Crippen LogP contribution in [0.1, 0.15) is 27.4 Å². The first-order chi connectivity index (χ1) is 12.1. The molecule has 7 heteroatoms. The summed E-state index contributed by atoms with van der Waals surface area (Å²) < 4.78 is 10.5. The zero-order valence-corrected chi connectivity index (χ0v) is 13.0. The molecule has 2 aliphatic heterocycles. The molecule has 0 aromatic heterocycles. The van der Waals surface area contributed by atoms with E-state index in [4.69, 9.17) is 9.47 Å².